The smallest absolute Gasteiger partial charge is 0.153 e. The molecule has 1 aliphatic heterocycles. The van der Waals surface area contributed by atoms with Gasteiger partial charge in [-0.2, -0.15) is 5.10 Å². The molecule has 0 atom stereocenters. The van der Waals surface area contributed by atoms with Crippen molar-refractivity contribution >= 4 is 0 Å². The summed E-state index contributed by atoms with van der Waals surface area (Å²) >= 11 is 0. The molecule has 0 radical (unpaired) electrons. The number of benzene rings is 1. The van der Waals surface area contributed by atoms with Crippen LogP contribution in [-0.4, -0.2) is 32.8 Å². The molecular formula is C25H25FN4. The minimum absolute atomic E-state index is 0.234. The van der Waals surface area contributed by atoms with E-state index in [4.69, 9.17) is 5.10 Å². The van der Waals surface area contributed by atoms with E-state index in [0.29, 0.717) is 5.92 Å². The summed E-state index contributed by atoms with van der Waals surface area (Å²) in [6.07, 6.45) is 12.9. The first-order valence-corrected chi connectivity index (χ1v) is 10.7. The number of pyridine rings is 1. The van der Waals surface area contributed by atoms with E-state index < -0.39 is 0 Å². The van der Waals surface area contributed by atoms with Crippen molar-refractivity contribution in [1.82, 2.24) is 19.7 Å². The van der Waals surface area contributed by atoms with Crippen molar-refractivity contribution in [3.05, 3.63) is 90.2 Å². The Morgan fingerprint density at radius 1 is 1.00 bits per heavy atom. The number of aromatic nitrogens is 3. The average Bonchev–Trinajstić information content (AvgIpc) is 3.26. The normalized spacial score (nSPS) is 17.2. The molecule has 30 heavy (non-hydrogen) atoms. The van der Waals surface area contributed by atoms with Gasteiger partial charge in [0, 0.05) is 42.2 Å². The quantitative estimate of drug-likeness (QED) is 0.581. The standard InChI is InChI=1S/C25H25FN4/c26-21-11-9-19(10-12-21)23-18-24(30(28-23)25-8-4-5-15-27-25)20-13-16-29(17-14-20)22-6-2-1-3-7-22/h1-2,4-6,8-12,15,18,20H,3,7,13-14,16-17H2. The fourth-order valence-corrected chi connectivity index (χ4v) is 4.43. The van der Waals surface area contributed by atoms with Crippen LogP contribution in [0.2, 0.25) is 0 Å². The van der Waals surface area contributed by atoms with Gasteiger partial charge >= 0.3 is 0 Å². The van der Waals surface area contributed by atoms with Crippen molar-refractivity contribution in [2.45, 2.75) is 31.6 Å². The Morgan fingerprint density at radius 3 is 2.53 bits per heavy atom. The molecule has 0 spiro atoms. The van der Waals surface area contributed by atoms with Crippen molar-refractivity contribution in [1.29, 1.82) is 0 Å². The van der Waals surface area contributed by atoms with E-state index in [-0.39, 0.29) is 5.82 Å². The van der Waals surface area contributed by atoms with Crippen LogP contribution < -0.4 is 0 Å². The molecule has 152 valence electrons. The molecule has 1 fully saturated rings. The van der Waals surface area contributed by atoms with Crippen LogP contribution in [0.4, 0.5) is 4.39 Å². The summed E-state index contributed by atoms with van der Waals surface area (Å²) in [5.74, 6) is 1.01. The third-order valence-electron chi connectivity index (χ3n) is 6.05. The molecule has 1 saturated heterocycles. The van der Waals surface area contributed by atoms with Crippen LogP contribution >= 0.6 is 0 Å². The van der Waals surface area contributed by atoms with Gasteiger partial charge in [-0.3, -0.25) is 0 Å². The van der Waals surface area contributed by atoms with E-state index in [0.717, 1.165) is 55.8 Å². The summed E-state index contributed by atoms with van der Waals surface area (Å²) in [6.45, 7) is 2.12. The van der Waals surface area contributed by atoms with Gasteiger partial charge in [0.1, 0.15) is 5.82 Å². The number of allylic oxidation sites excluding steroid dienone is 4. The maximum atomic E-state index is 13.4. The van der Waals surface area contributed by atoms with Gasteiger partial charge in [0.25, 0.3) is 0 Å². The molecule has 2 aliphatic rings. The predicted octanol–water partition coefficient (Wildman–Crippen LogP) is 5.49. The fraction of sp³-hybridized carbons (Fsp3) is 0.280. The zero-order chi connectivity index (χ0) is 20.3. The fourth-order valence-electron chi connectivity index (χ4n) is 4.43. The maximum absolute atomic E-state index is 13.4. The summed E-state index contributed by atoms with van der Waals surface area (Å²) in [6, 6.07) is 14.6. The van der Waals surface area contributed by atoms with Crippen LogP contribution in [0.5, 0.6) is 0 Å². The largest absolute Gasteiger partial charge is 0.375 e. The summed E-state index contributed by atoms with van der Waals surface area (Å²) in [7, 11) is 0. The summed E-state index contributed by atoms with van der Waals surface area (Å²) in [4.78, 5) is 7.06. The van der Waals surface area contributed by atoms with Gasteiger partial charge in [-0.05, 0) is 74.2 Å². The Kier molecular flexibility index (Phi) is 5.18. The molecule has 5 heteroatoms. The van der Waals surface area contributed by atoms with E-state index in [2.05, 4.69) is 34.2 Å². The van der Waals surface area contributed by atoms with Crippen molar-refractivity contribution in [2.24, 2.45) is 0 Å². The second-order valence-corrected chi connectivity index (χ2v) is 7.95. The number of likely N-dealkylation sites (tertiary alicyclic amines) is 1. The van der Waals surface area contributed by atoms with E-state index in [9.17, 15) is 4.39 Å². The number of piperidine rings is 1. The summed E-state index contributed by atoms with van der Waals surface area (Å²) in [5.41, 5.74) is 4.42. The Morgan fingerprint density at radius 2 is 1.83 bits per heavy atom. The molecule has 4 nitrogen and oxygen atoms in total. The van der Waals surface area contributed by atoms with Crippen LogP contribution in [0.15, 0.2) is 78.7 Å². The molecule has 0 amide bonds. The van der Waals surface area contributed by atoms with Crippen molar-refractivity contribution in [3.8, 4) is 17.1 Å². The lowest BCUT2D eigenvalue weighted by Gasteiger charge is -2.35. The maximum Gasteiger partial charge on any atom is 0.153 e. The SMILES string of the molecule is Fc1ccc(-c2cc(C3CCN(C4=CC=CCC4)CC3)n(-c3ccccn3)n2)cc1. The predicted molar refractivity (Wildman–Crippen MR) is 117 cm³/mol. The van der Waals surface area contributed by atoms with Gasteiger partial charge in [-0.1, -0.05) is 18.2 Å². The third kappa shape index (κ3) is 3.80. The minimum Gasteiger partial charge on any atom is -0.375 e. The van der Waals surface area contributed by atoms with Gasteiger partial charge in [0.15, 0.2) is 5.82 Å². The van der Waals surface area contributed by atoms with Crippen LogP contribution in [0.25, 0.3) is 17.1 Å². The topological polar surface area (TPSA) is 34.0 Å². The van der Waals surface area contributed by atoms with Crippen molar-refractivity contribution in [2.75, 3.05) is 13.1 Å². The van der Waals surface area contributed by atoms with E-state index >= 15 is 0 Å². The zero-order valence-electron chi connectivity index (χ0n) is 16.9. The molecule has 3 heterocycles. The lowest BCUT2D eigenvalue weighted by molar-refractivity contribution is 0.252. The highest BCUT2D eigenvalue weighted by Crippen LogP contribution is 2.34. The number of hydrogen-bond acceptors (Lipinski definition) is 3. The van der Waals surface area contributed by atoms with Crippen LogP contribution in [0, 0.1) is 5.82 Å². The molecular weight excluding hydrogens is 375 g/mol. The van der Waals surface area contributed by atoms with Crippen LogP contribution in [-0.2, 0) is 0 Å². The molecule has 5 rings (SSSR count). The minimum atomic E-state index is -0.234. The highest BCUT2D eigenvalue weighted by molar-refractivity contribution is 5.60. The molecule has 2 aromatic heterocycles. The van der Waals surface area contributed by atoms with E-state index in [1.807, 2.05) is 22.9 Å². The zero-order valence-corrected chi connectivity index (χ0v) is 16.9. The lowest BCUT2D eigenvalue weighted by atomic mass is 9.92. The van der Waals surface area contributed by atoms with Crippen LogP contribution in [0.3, 0.4) is 0 Å². The first-order valence-electron chi connectivity index (χ1n) is 10.7. The van der Waals surface area contributed by atoms with Gasteiger partial charge in [0.05, 0.1) is 5.69 Å². The summed E-state index contributed by atoms with van der Waals surface area (Å²) in [5, 5.41) is 4.86. The Balaban J connectivity index is 1.44. The molecule has 0 N–H and O–H groups in total. The highest BCUT2D eigenvalue weighted by atomic mass is 19.1. The molecule has 0 unspecified atom stereocenters. The number of nitrogens with zero attached hydrogens (tertiary/aromatic N) is 4. The molecule has 1 aromatic carbocycles. The molecule has 0 bridgehead atoms. The lowest BCUT2D eigenvalue weighted by Crippen LogP contribution is -2.33. The Hall–Kier alpha value is -3.21. The van der Waals surface area contributed by atoms with Crippen LogP contribution in [0.1, 0.15) is 37.3 Å². The van der Waals surface area contributed by atoms with Gasteiger partial charge < -0.3 is 4.90 Å². The second-order valence-electron chi connectivity index (χ2n) is 7.95. The highest BCUT2D eigenvalue weighted by Gasteiger charge is 2.26. The summed E-state index contributed by atoms with van der Waals surface area (Å²) < 4.78 is 15.4. The number of halogens is 1. The average molecular weight is 401 g/mol. The Labute approximate surface area is 176 Å². The van der Waals surface area contributed by atoms with Gasteiger partial charge in [-0.25, -0.2) is 14.1 Å². The first-order chi connectivity index (χ1) is 14.8. The molecule has 0 saturated carbocycles. The van der Waals surface area contributed by atoms with E-state index in [1.165, 1.54) is 23.5 Å². The van der Waals surface area contributed by atoms with Gasteiger partial charge in [0.2, 0.25) is 0 Å². The van der Waals surface area contributed by atoms with E-state index in [1.54, 1.807) is 18.3 Å². The molecule has 1 aliphatic carbocycles. The number of hydrogen-bond donors (Lipinski definition) is 0. The molecule has 3 aromatic rings. The Bertz CT molecular complexity index is 1060. The first kappa shape index (κ1) is 18.8. The second kappa shape index (κ2) is 8.27. The number of rotatable bonds is 4. The van der Waals surface area contributed by atoms with Gasteiger partial charge in [-0.15, -0.1) is 0 Å². The van der Waals surface area contributed by atoms with Crippen molar-refractivity contribution in [3.63, 3.8) is 0 Å². The third-order valence-corrected chi connectivity index (χ3v) is 6.05. The monoisotopic (exact) mass is 400 g/mol. The van der Waals surface area contributed by atoms with Crippen molar-refractivity contribution < 1.29 is 4.39 Å².